The Morgan fingerprint density at radius 2 is 2.08 bits per heavy atom. The molecule has 0 radical (unpaired) electrons. The van der Waals surface area contributed by atoms with E-state index < -0.39 is 10.4 Å². The number of hydrogen-bond acceptors (Lipinski definition) is 4. The molecule has 0 aromatic heterocycles. The summed E-state index contributed by atoms with van der Waals surface area (Å²) in [6.45, 7) is 5.69. The predicted octanol–water partition coefficient (Wildman–Crippen LogP) is 1.60. The van der Waals surface area contributed by atoms with E-state index in [1.54, 1.807) is 6.08 Å². The molecule has 0 saturated carbocycles. The molecule has 0 spiro atoms. The van der Waals surface area contributed by atoms with Gasteiger partial charge in [0, 0.05) is 5.41 Å². The van der Waals surface area contributed by atoms with Gasteiger partial charge in [-0.2, -0.15) is 8.42 Å². The molecule has 1 aliphatic heterocycles. The normalized spacial score (nSPS) is 30.5. The Balaban J connectivity index is 2.98. The molecular weight excluding hydrogens is 192 g/mol. The zero-order valence-corrected chi connectivity index (χ0v) is 8.80. The van der Waals surface area contributed by atoms with Crippen LogP contribution < -0.4 is 0 Å². The third kappa shape index (κ3) is 2.45. The molecule has 0 aromatic carbocycles. The Bertz CT molecular complexity index is 302. The van der Waals surface area contributed by atoms with Crippen molar-refractivity contribution < 1.29 is 16.8 Å². The van der Waals surface area contributed by atoms with Gasteiger partial charge in [-0.15, -0.1) is 0 Å². The molecule has 0 saturated heterocycles. The van der Waals surface area contributed by atoms with Crippen LogP contribution in [0.2, 0.25) is 0 Å². The lowest BCUT2D eigenvalue weighted by molar-refractivity contribution is 0.102. The molecule has 0 aliphatic carbocycles. The highest BCUT2D eigenvalue weighted by molar-refractivity contribution is 7.82. The van der Waals surface area contributed by atoms with E-state index in [2.05, 4.69) is 4.18 Å². The molecule has 1 aliphatic rings. The Morgan fingerprint density at radius 3 is 2.62 bits per heavy atom. The maximum absolute atomic E-state index is 11.0. The van der Waals surface area contributed by atoms with Crippen molar-refractivity contribution in [1.82, 2.24) is 0 Å². The summed E-state index contributed by atoms with van der Waals surface area (Å²) in [6, 6.07) is 0. The zero-order valence-electron chi connectivity index (χ0n) is 7.98. The fraction of sp³-hybridized carbons (Fsp3) is 0.750. The molecule has 1 atom stereocenters. The van der Waals surface area contributed by atoms with Crippen molar-refractivity contribution in [1.29, 1.82) is 0 Å². The van der Waals surface area contributed by atoms with Gasteiger partial charge in [0.1, 0.15) is 6.26 Å². The van der Waals surface area contributed by atoms with E-state index >= 15 is 0 Å². The van der Waals surface area contributed by atoms with Crippen LogP contribution in [-0.2, 0) is 18.8 Å². The Kier molecular flexibility index (Phi) is 2.68. The van der Waals surface area contributed by atoms with Gasteiger partial charge in [0.2, 0.25) is 0 Å². The lowest BCUT2D eigenvalue weighted by Gasteiger charge is -2.26. The minimum atomic E-state index is -3.84. The summed E-state index contributed by atoms with van der Waals surface area (Å²) in [5.41, 5.74) is -0.321. The van der Waals surface area contributed by atoms with Crippen molar-refractivity contribution >= 4 is 10.4 Å². The summed E-state index contributed by atoms with van der Waals surface area (Å²) in [6.07, 6.45) is 3.13. The van der Waals surface area contributed by atoms with E-state index in [0.717, 1.165) is 0 Å². The Hall–Kier alpha value is -0.550. The molecule has 1 heterocycles. The molecular formula is C8H14O4S. The maximum Gasteiger partial charge on any atom is 0.448 e. The summed E-state index contributed by atoms with van der Waals surface area (Å²) in [5.74, 6) is 0. The van der Waals surface area contributed by atoms with Crippen LogP contribution in [0.4, 0.5) is 0 Å². The van der Waals surface area contributed by atoms with Crippen LogP contribution in [0, 0.1) is 5.41 Å². The summed E-state index contributed by atoms with van der Waals surface area (Å²) in [7, 11) is -3.84. The summed E-state index contributed by atoms with van der Waals surface area (Å²) >= 11 is 0. The first-order valence-corrected chi connectivity index (χ1v) is 5.50. The molecule has 4 nitrogen and oxygen atoms in total. The highest BCUT2D eigenvalue weighted by Crippen LogP contribution is 2.31. The molecule has 13 heavy (non-hydrogen) atoms. The van der Waals surface area contributed by atoms with Gasteiger partial charge in [0.05, 0.1) is 6.10 Å². The van der Waals surface area contributed by atoms with Crippen LogP contribution in [-0.4, -0.2) is 14.5 Å². The maximum atomic E-state index is 11.0. The molecule has 0 N–H and O–H groups in total. The molecule has 76 valence electrons. The first kappa shape index (κ1) is 10.5. The SMILES string of the molecule is CCC1OS(=O)(=O)OC=CC1(C)C. The highest BCUT2D eigenvalue weighted by atomic mass is 32.3. The van der Waals surface area contributed by atoms with Gasteiger partial charge in [0.15, 0.2) is 0 Å². The third-order valence-electron chi connectivity index (χ3n) is 2.11. The molecule has 0 fully saturated rings. The van der Waals surface area contributed by atoms with Crippen LogP contribution in [0.5, 0.6) is 0 Å². The minimum Gasteiger partial charge on any atom is -0.370 e. The molecule has 0 amide bonds. The largest absolute Gasteiger partial charge is 0.448 e. The summed E-state index contributed by atoms with van der Waals surface area (Å²) < 4.78 is 31.3. The fourth-order valence-corrected chi connectivity index (χ4v) is 2.17. The second-order valence-electron chi connectivity index (χ2n) is 3.62. The van der Waals surface area contributed by atoms with Gasteiger partial charge in [-0.25, -0.2) is 4.18 Å². The van der Waals surface area contributed by atoms with E-state index in [0.29, 0.717) is 6.42 Å². The van der Waals surface area contributed by atoms with Crippen LogP contribution in [0.1, 0.15) is 27.2 Å². The van der Waals surface area contributed by atoms with E-state index in [-0.39, 0.29) is 11.5 Å². The second kappa shape index (κ2) is 3.31. The van der Waals surface area contributed by atoms with Gasteiger partial charge in [-0.3, -0.25) is 0 Å². The van der Waals surface area contributed by atoms with Crippen molar-refractivity contribution in [3.63, 3.8) is 0 Å². The standard InChI is InChI=1S/C8H14O4S/c1-4-7-8(2,3)5-6-11-13(9,10)12-7/h5-7H,4H2,1-3H3. The lowest BCUT2D eigenvalue weighted by Crippen LogP contribution is -2.30. The fourth-order valence-electron chi connectivity index (χ4n) is 1.26. The van der Waals surface area contributed by atoms with Gasteiger partial charge in [-0.05, 0) is 12.5 Å². The first-order valence-electron chi connectivity index (χ1n) is 4.16. The Morgan fingerprint density at radius 1 is 1.46 bits per heavy atom. The smallest absolute Gasteiger partial charge is 0.370 e. The average Bonchev–Trinajstić information content (AvgIpc) is 2.07. The summed E-state index contributed by atoms with van der Waals surface area (Å²) in [4.78, 5) is 0. The third-order valence-corrected chi connectivity index (χ3v) is 2.92. The van der Waals surface area contributed by atoms with Crippen molar-refractivity contribution in [3.05, 3.63) is 12.3 Å². The van der Waals surface area contributed by atoms with E-state index in [4.69, 9.17) is 4.18 Å². The topological polar surface area (TPSA) is 52.6 Å². The van der Waals surface area contributed by atoms with Crippen molar-refractivity contribution in [2.45, 2.75) is 33.3 Å². The van der Waals surface area contributed by atoms with Crippen molar-refractivity contribution in [2.75, 3.05) is 0 Å². The quantitative estimate of drug-likeness (QED) is 0.654. The monoisotopic (exact) mass is 206 g/mol. The van der Waals surface area contributed by atoms with E-state index in [9.17, 15) is 8.42 Å². The van der Waals surface area contributed by atoms with Gasteiger partial charge >= 0.3 is 10.4 Å². The van der Waals surface area contributed by atoms with E-state index in [1.807, 2.05) is 20.8 Å². The van der Waals surface area contributed by atoms with Crippen LogP contribution in [0.15, 0.2) is 12.3 Å². The summed E-state index contributed by atoms with van der Waals surface area (Å²) in [5, 5.41) is 0. The van der Waals surface area contributed by atoms with Crippen LogP contribution >= 0.6 is 0 Å². The first-order chi connectivity index (χ1) is 5.87. The second-order valence-corrected chi connectivity index (χ2v) is 4.82. The van der Waals surface area contributed by atoms with E-state index in [1.165, 1.54) is 6.26 Å². The van der Waals surface area contributed by atoms with Crippen LogP contribution in [0.25, 0.3) is 0 Å². The van der Waals surface area contributed by atoms with Crippen molar-refractivity contribution in [2.24, 2.45) is 5.41 Å². The molecule has 0 aromatic rings. The number of hydrogen-bond donors (Lipinski definition) is 0. The zero-order chi connectivity index (χ0) is 10.1. The lowest BCUT2D eigenvalue weighted by atomic mass is 9.85. The molecule has 0 bridgehead atoms. The minimum absolute atomic E-state index is 0.321. The molecule has 1 rings (SSSR count). The van der Waals surface area contributed by atoms with Crippen molar-refractivity contribution in [3.8, 4) is 0 Å². The average molecular weight is 206 g/mol. The Labute approximate surface area is 78.9 Å². The molecule has 5 heteroatoms. The van der Waals surface area contributed by atoms with Crippen LogP contribution in [0.3, 0.4) is 0 Å². The van der Waals surface area contributed by atoms with Gasteiger partial charge in [-0.1, -0.05) is 20.8 Å². The van der Waals surface area contributed by atoms with Gasteiger partial charge in [0.25, 0.3) is 0 Å². The highest BCUT2D eigenvalue weighted by Gasteiger charge is 2.34. The number of rotatable bonds is 1. The predicted molar refractivity (Wildman–Crippen MR) is 48.1 cm³/mol. The molecule has 1 unspecified atom stereocenters. The van der Waals surface area contributed by atoms with Gasteiger partial charge < -0.3 is 4.18 Å².